The average molecular weight is 451 g/mol. The summed E-state index contributed by atoms with van der Waals surface area (Å²) in [5.74, 6) is -0.817. The monoisotopic (exact) mass is 451 g/mol. The summed E-state index contributed by atoms with van der Waals surface area (Å²) in [7, 11) is 1.59. The number of aliphatic hydroxyl groups excluding tert-OH is 1. The van der Waals surface area contributed by atoms with Crippen LogP contribution in [0.3, 0.4) is 0 Å². The van der Waals surface area contributed by atoms with Crippen molar-refractivity contribution in [3.05, 3.63) is 65.9 Å². The number of aryl methyl sites for hydroxylation is 1. The Balaban J connectivity index is 1.42. The molecular formula is C22H22FN7O3. The van der Waals surface area contributed by atoms with Gasteiger partial charge in [-0.05, 0) is 0 Å². The van der Waals surface area contributed by atoms with Gasteiger partial charge in [0.05, 0.1) is 31.3 Å². The van der Waals surface area contributed by atoms with Crippen molar-refractivity contribution in [3.8, 4) is 11.4 Å². The van der Waals surface area contributed by atoms with Crippen LogP contribution in [0.5, 0.6) is 0 Å². The summed E-state index contributed by atoms with van der Waals surface area (Å²) in [4.78, 5) is 19.3. The maximum Gasteiger partial charge on any atom is 0.274 e. The van der Waals surface area contributed by atoms with Crippen molar-refractivity contribution in [1.82, 2.24) is 29.3 Å². The topological polar surface area (TPSA) is 110 Å². The van der Waals surface area contributed by atoms with Crippen molar-refractivity contribution >= 4 is 17.2 Å². The lowest BCUT2D eigenvalue weighted by Gasteiger charge is -2.31. The average Bonchev–Trinajstić information content (AvgIpc) is 3.43. The fraction of sp³-hybridized carbons (Fsp3) is 0.273. The zero-order valence-electron chi connectivity index (χ0n) is 17.8. The van der Waals surface area contributed by atoms with E-state index < -0.39 is 18.0 Å². The second-order valence-electron chi connectivity index (χ2n) is 7.69. The first-order valence-electron chi connectivity index (χ1n) is 10.5. The smallest absolute Gasteiger partial charge is 0.274 e. The van der Waals surface area contributed by atoms with Crippen molar-refractivity contribution in [2.75, 3.05) is 31.6 Å². The van der Waals surface area contributed by atoms with Crippen LogP contribution < -0.4 is 5.32 Å². The maximum absolute atomic E-state index is 14.8. The largest absolute Gasteiger partial charge is 0.379 e. The van der Waals surface area contributed by atoms with E-state index in [4.69, 9.17) is 4.74 Å². The Morgan fingerprint density at radius 2 is 2.00 bits per heavy atom. The molecule has 170 valence electrons. The molecule has 0 saturated carbocycles. The van der Waals surface area contributed by atoms with Crippen LogP contribution in [0.15, 0.2) is 48.8 Å². The third-order valence-electron chi connectivity index (χ3n) is 5.56. The summed E-state index contributed by atoms with van der Waals surface area (Å²) in [5.41, 5.74) is 1.60. The van der Waals surface area contributed by atoms with Gasteiger partial charge in [-0.3, -0.25) is 14.4 Å². The van der Waals surface area contributed by atoms with Gasteiger partial charge in [0.25, 0.3) is 5.91 Å². The maximum atomic E-state index is 14.8. The fourth-order valence-corrected chi connectivity index (χ4v) is 3.83. The first kappa shape index (κ1) is 21.2. The van der Waals surface area contributed by atoms with Gasteiger partial charge in [0.1, 0.15) is 11.9 Å². The molecule has 1 amide bonds. The standard InChI is InChI=1S/C22H22FN7O3/c1-28-19(15(12-24-28)22(32)29-7-9-33-10-8-29)21(31)25-17-11-18-26-20(14-5-3-2-4-6-14)27-30(18)13-16(17)23/h2-6,11-13,22,32H,7-10H2,1H3,(H,25,31). The third-order valence-corrected chi connectivity index (χ3v) is 5.56. The van der Waals surface area contributed by atoms with Crippen LogP contribution in [0.1, 0.15) is 22.3 Å². The summed E-state index contributed by atoms with van der Waals surface area (Å²) in [6, 6.07) is 10.7. The molecular weight excluding hydrogens is 429 g/mol. The summed E-state index contributed by atoms with van der Waals surface area (Å²) < 4.78 is 22.8. The Hall–Kier alpha value is -3.67. The molecule has 1 saturated heterocycles. The highest BCUT2D eigenvalue weighted by Crippen LogP contribution is 2.25. The molecule has 11 heteroatoms. The molecule has 1 unspecified atom stereocenters. The Morgan fingerprint density at radius 3 is 2.76 bits per heavy atom. The number of aromatic nitrogens is 5. The van der Waals surface area contributed by atoms with Gasteiger partial charge in [-0.25, -0.2) is 13.9 Å². The van der Waals surface area contributed by atoms with Crippen molar-refractivity contribution in [2.24, 2.45) is 7.05 Å². The van der Waals surface area contributed by atoms with Gasteiger partial charge in [-0.15, -0.1) is 5.10 Å². The van der Waals surface area contributed by atoms with Crippen LogP contribution in [0, 0.1) is 5.82 Å². The number of amides is 1. The van der Waals surface area contributed by atoms with E-state index in [1.807, 2.05) is 30.3 Å². The predicted molar refractivity (Wildman–Crippen MR) is 117 cm³/mol. The molecule has 4 aromatic rings. The van der Waals surface area contributed by atoms with Gasteiger partial charge < -0.3 is 15.2 Å². The molecule has 10 nitrogen and oxygen atoms in total. The molecule has 1 fully saturated rings. The minimum Gasteiger partial charge on any atom is -0.379 e. The summed E-state index contributed by atoms with van der Waals surface area (Å²) in [6.07, 6.45) is 1.58. The number of halogens is 1. The molecule has 4 heterocycles. The fourth-order valence-electron chi connectivity index (χ4n) is 3.83. The summed E-state index contributed by atoms with van der Waals surface area (Å²) >= 11 is 0. The number of carbonyl (C=O) groups excluding carboxylic acids is 1. The molecule has 0 bridgehead atoms. The van der Waals surface area contributed by atoms with E-state index in [1.165, 1.54) is 21.5 Å². The molecule has 1 atom stereocenters. The second kappa shape index (κ2) is 8.70. The minimum atomic E-state index is -1.03. The van der Waals surface area contributed by atoms with Gasteiger partial charge in [0.15, 0.2) is 17.3 Å². The lowest BCUT2D eigenvalue weighted by molar-refractivity contribution is -0.0605. The zero-order chi connectivity index (χ0) is 22.9. The molecule has 3 aromatic heterocycles. The number of rotatable bonds is 5. The van der Waals surface area contributed by atoms with E-state index in [1.54, 1.807) is 11.9 Å². The van der Waals surface area contributed by atoms with E-state index in [9.17, 15) is 14.3 Å². The normalized spacial score (nSPS) is 15.6. The quantitative estimate of drug-likeness (QED) is 0.477. The number of hydrogen-bond acceptors (Lipinski definition) is 7. The number of hydrogen-bond donors (Lipinski definition) is 2. The molecule has 2 N–H and O–H groups in total. The summed E-state index contributed by atoms with van der Waals surface area (Å²) in [5, 5.41) is 21.8. The SMILES string of the molecule is Cn1ncc(C(O)N2CCOCC2)c1C(=O)Nc1cc2nc(-c3ccccc3)nn2cc1F. The first-order chi connectivity index (χ1) is 16.0. The first-order valence-corrected chi connectivity index (χ1v) is 10.5. The number of nitrogens with zero attached hydrogens (tertiary/aromatic N) is 6. The molecule has 0 spiro atoms. The zero-order valence-corrected chi connectivity index (χ0v) is 17.8. The van der Waals surface area contributed by atoms with E-state index in [0.29, 0.717) is 43.3 Å². The molecule has 1 aromatic carbocycles. The Morgan fingerprint density at radius 1 is 1.24 bits per heavy atom. The van der Waals surface area contributed by atoms with Gasteiger partial charge in [-0.2, -0.15) is 5.10 Å². The number of pyridine rings is 1. The van der Waals surface area contributed by atoms with Crippen LogP contribution in [-0.4, -0.2) is 66.6 Å². The van der Waals surface area contributed by atoms with Crippen molar-refractivity contribution in [3.63, 3.8) is 0 Å². The number of carbonyl (C=O) groups is 1. The van der Waals surface area contributed by atoms with Crippen molar-refractivity contribution < 1.29 is 19.0 Å². The number of fused-ring (bicyclic) bond motifs is 1. The van der Waals surface area contributed by atoms with Crippen LogP contribution in [0.4, 0.5) is 10.1 Å². The Kier molecular flexibility index (Phi) is 5.58. The van der Waals surface area contributed by atoms with Gasteiger partial charge in [0, 0.05) is 37.3 Å². The van der Waals surface area contributed by atoms with E-state index in [2.05, 4.69) is 20.5 Å². The van der Waals surface area contributed by atoms with Crippen molar-refractivity contribution in [1.29, 1.82) is 0 Å². The minimum absolute atomic E-state index is 0.0486. The molecule has 33 heavy (non-hydrogen) atoms. The molecule has 0 radical (unpaired) electrons. The van der Waals surface area contributed by atoms with E-state index >= 15 is 0 Å². The number of ether oxygens (including phenoxy) is 1. The van der Waals surface area contributed by atoms with Gasteiger partial charge in [0.2, 0.25) is 0 Å². The predicted octanol–water partition coefficient (Wildman–Crippen LogP) is 1.84. The van der Waals surface area contributed by atoms with Crippen LogP contribution in [-0.2, 0) is 11.8 Å². The van der Waals surface area contributed by atoms with E-state index in [-0.39, 0.29) is 11.4 Å². The molecule has 1 aliphatic heterocycles. The summed E-state index contributed by atoms with van der Waals surface area (Å²) in [6.45, 7) is 2.04. The Bertz CT molecular complexity index is 1300. The molecule has 1 aliphatic rings. The third kappa shape index (κ3) is 4.09. The highest BCUT2D eigenvalue weighted by atomic mass is 19.1. The van der Waals surface area contributed by atoms with Gasteiger partial charge in [-0.1, -0.05) is 30.3 Å². The molecule has 0 aliphatic carbocycles. The highest BCUT2D eigenvalue weighted by Gasteiger charge is 2.28. The number of nitrogens with one attached hydrogen (secondary N) is 1. The number of aliphatic hydroxyl groups is 1. The van der Waals surface area contributed by atoms with Crippen LogP contribution in [0.2, 0.25) is 0 Å². The lowest BCUT2D eigenvalue weighted by Crippen LogP contribution is -2.39. The number of benzene rings is 1. The van der Waals surface area contributed by atoms with Crippen molar-refractivity contribution in [2.45, 2.75) is 6.23 Å². The second-order valence-corrected chi connectivity index (χ2v) is 7.69. The lowest BCUT2D eigenvalue weighted by atomic mass is 10.1. The van der Waals surface area contributed by atoms with Crippen LogP contribution in [0.25, 0.3) is 17.0 Å². The highest BCUT2D eigenvalue weighted by molar-refractivity contribution is 6.04. The van der Waals surface area contributed by atoms with Crippen LogP contribution >= 0.6 is 0 Å². The Labute approximate surface area is 188 Å². The number of morpholine rings is 1. The van der Waals surface area contributed by atoms with E-state index in [0.717, 1.165) is 11.8 Å². The van der Waals surface area contributed by atoms with Gasteiger partial charge >= 0.3 is 0 Å². The number of anilines is 1. The molecule has 5 rings (SSSR count).